The van der Waals surface area contributed by atoms with E-state index in [-0.39, 0.29) is 23.5 Å². The average molecular weight is 390 g/mol. The van der Waals surface area contributed by atoms with Gasteiger partial charge in [0.05, 0.1) is 24.0 Å². The largest absolute Gasteiger partial charge is 0.504 e. The van der Waals surface area contributed by atoms with Gasteiger partial charge in [-0.15, -0.1) is 0 Å². The van der Waals surface area contributed by atoms with Crippen LogP contribution >= 0.6 is 0 Å². The van der Waals surface area contributed by atoms with E-state index in [2.05, 4.69) is 0 Å². The normalized spacial score (nSPS) is 34.3. The minimum Gasteiger partial charge on any atom is -0.504 e. The van der Waals surface area contributed by atoms with Crippen molar-refractivity contribution in [1.29, 1.82) is 0 Å². The zero-order valence-electron chi connectivity index (χ0n) is 15.4. The van der Waals surface area contributed by atoms with E-state index in [0.29, 0.717) is 11.3 Å². The van der Waals surface area contributed by atoms with Crippen LogP contribution in [0.25, 0.3) is 0 Å². The van der Waals surface area contributed by atoms with E-state index in [1.54, 1.807) is 38.1 Å². The number of hydrogen-bond donors (Lipinski definition) is 5. The first-order valence-electron chi connectivity index (χ1n) is 9.01. The number of rotatable bonds is 1. The molecule has 5 N–H and O–H groups in total. The van der Waals surface area contributed by atoms with Crippen molar-refractivity contribution in [2.24, 2.45) is 11.3 Å². The third-order valence-electron chi connectivity index (χ3n) is 5.85. The predicted octanol–water partition coefficient (Wildman–Crippen LogP) is 1.33. The van der Waals surface area contributed by atoms with Crippen LogP contribution in [-0.4, -0.2) is 55.9 Å². The fourth-order valence-electron chi connectivity index (χ4n) is 4.47. The SMILES string of the molecule is CC1(C)C(C2CC(=O)c3ccccc3O2)=C(O)C(O)=C2OC(O)C(O)C(O)C21. The molecule has 0 amide bonds. The Bertz CT molecular complexity index is 899. The maximum absolute atomic E-state index is 12.6. The molecule has 1 fully saturated rings. The first kappa shape index (κ1) is 18.8. The van der Waals surface area contributed by atoms with E-state index < -0.39 is 47.5 Å². The van der Waals surface area contributed by atoms with E-state index in [4.69, 9.17) is 9.47 Å². The summed E-state index contributed by atoms with van der Waals surface area (Å²) in [6.45, 7) is 3.36. The van der Waals surface area contributed by atoms with Gasteiger partial charge in [0.1, 0.15) is 18.0 Å². The van der Waals surface area contributed by atoms with Crippen molar-refractivity contribution in [2.75, 3.05) is 0 Å². The molecule has 1 aliphatic carbocycles. The lowest BCUT2D eigenvalue weighted by molar-refractivity contribution is -0.226. The molecule has 0 aromatic heterocycles. The molecule has 5 atom stereocenters. The molecule has 8 heteroatoms. The van der Waals surface area contributed by atoms with Crippen LogP contribution in [0, 0.1) is 11.3 Å². The molecular weight excluding hydrogens is 368 g/mol. The number of para-hydroxylation sites is 1. The summed E-state index contributed by atoms with van der Waals surface area (Å²) in [5.74, 6) is -2.16. The highest BCUT2D eigenvalue weighted by atomic mass is 16.6. The van der Waals surface area contributed by atoms with Gasteiger partial charge in [0.25, 0.3) is 0 Å². The Morgan fingerprint density at radius 1 is 1.00 bits per heavy atom. The Morgan fingerprint density at radius 2 is 1.68 bits per heavy atom. The molecular formula is C20H22O8. The van der Waals surface area contributed by atoms with Crippen molar-refractivity contribution in [3.05, 3.63) is 52.7 Å². The van der Waals surface area contributed by atoms with Crippen LogP contribution in [0.5, 0.6) is 5.75 Å². The highest BCUT2D eigenvalue weighted by Gasteiger charge is 2.56. The Labute approximate surface area is 161 Å². The van der Waals surface area contributed by atoms with Gasteiger partial charge in [-0.25, -0.2) is 0 Å². The molecule has 4 rings (SSSR count). The number of ketones is 1. The standard InChI is InChI=1S/C20H22O8/c1-20(2)12(11-7-9(21)8-5-3-4-6-10(8)27-11)14(22)16(24)18-13(20)15(23)17(25)19(26)28-18/h3-6,11,13,15,17,19,22-26H,7H2,1-2H3. The van der Waals surface area contributed by atoms with Gasteiger partial charge in [-0.2, -0.15) is 0 Å². The molecule has 28 heavy (non-hydrogen) atoms. The van der Waals surface area contributed by atoms with Gasteiger partial charge in [0.2, 0.25) is 6.29 Å². The fraction of sp³-hybridized carbons (Fsp3) is 0.450. The summed E-state index contributed by atoms with van der Waals surface area (Å²) in [6, 6.07) is 6.75. The van der Waals surface area contributed by atoms with E-state index >= 15 is 0 Å². The molecule has 0 radical (unpaired) electrons. The van der Waals surface area contributed by atoms with Crippen molar-refractivity contribution in [3.63, 3.8) is 0 Å². The molecule has 0 saturated carbocycles. The highest BCUT2D eigenvalue weighted by Crippen LogP contribution is 2.53. The summed E-state index contributed by atoms with van der Waals surface area (Å²) in [6.07, 6.45) is -5.75. The Balaban J connectivity index is 1.82. The Morgan fingerprint density at radius 3 is 2.39 bits per heavy atom. The maximum atomic E-state index is 12.6. The zero-order chi connectivity index (χ0) is 20.4. The third kappa shape index (κ3) is 2.52. The Kier molecular flexibility index (Phi) is 4.18. The van der Waals surface area contributed by atoms with Crippen molar-refractivity contribution in [2.45, 2.75) is 44.9 Å². The smallest absolute Gasteiger partial charge is 0.226 e. The highest BCUT2D eigenvalue weighted by molar-refractivity contribution is 6.00. The molecule has 150 valence electrons. The summed E-state index contributed by atoms with van der Waals surface area (Å²) < 4.78 is 11.1. The zero-order valence-corrected chi connectivity index (χ0v) is 15.4. The lowest BCUT2D eigenvalue weighted by Gasteiger charge is -2.49. The number of carbonyl (C=O) groups is 1. The van der Waals surface area contributed by atoms with Crippen LogP contribution in [0.2, 0.25) is 0 Å². The molecule has 2 heterocycles. The predicted molar refractivity (Wildman–Crippen MR) is 95.5 cm³/mol. The molecule has 5 unspecified atom stereocenters. The van der Waals surface area contributed by atoms with Crippen molar-refractivity contribution >= 4 is 5.78 Å². The molecule has 2 aliphatic heterocycles. The van der Waals surface area contributed by atoms with Crippen LogP contribution < -0.4 is 4.74 Å². The number of aliphatic hydroxyl groups is 5. The summed E-state index contributed by atoms with van der Waals surface area (Å²) in [5.41, 5.74) is -0.413. The van der Waals surface area contributed by atoms with E-state index in [1.807, 2.05) is 0 Å². The van der Waals surface area contributed by atoms with Crippen LogP contribution in [0.15, 0.2) is 47.1 Å². The molecule has 1 aromatic rings. The molecule has 1 saturated heterocycles. The van der Waals surface area contributed by atoms with E-state index in [1.165, 1.54) is 0 Å². The van der Waals surface area contributed by atoms with Crippen LogP contribution in [0.3, 0.4) is 0 Å². The Hall–Kier alpha value is -2.55. The van der Waals surface area contributed by atoms with E-state index in [9.17, 15) is 30.3 Å². The summed E-state index contributed by atoms with van der Waals surface area (Å²) in [5, 5.41) is 51.6. The van der Waals surface area contributed by atoms with Gasteiger partial charge in [-0.05, 0) is 12.1 Å². The van der Waals surface area contributed by atoms with Crippen molar-refractivity contribution in [3.8, 4) is 5.75 Å². The summed E-state index contributed by atoms with van der Waals surface area (Å²) >= 11 is 0. The van der Waals surface area contributed by atoms with Gasteiger partial charge < -0.3 is 35.0 Å². The first-order valence-corrected chi connectivity index (χ1v) is 9.01. The number of hydrogen-bond acceptors (Lipinski definition) is 8. The van der Waals surface area contributed by atoms with Crippen LogP contribution in [0.1, 0.15) is 30.6 Å². The van der Waals surface area contributed by atoms with Gasteiger partial charge in [-0.3, -0.25) is 4.79 Å². The summed E-state index contributed by atoms with van der Waals surface area (Å²) in [7, 11) is 0. The van der Waals surface area contributed by atoms with Gasteiger partial charge >= 0.3 is 0 Å². The van der Waals surface area contributed by atoms with Gasteiger partial charge in [0, 0.05) is 11.0 Å². The second-order valence-corrected chi connectivity index (χ2v) is 7.89. The van der Waals surface area contributed by atoms with Gasteiger partial charge in [0.15, 0.2) is 23.1 Å². The minimum atomic E-state index is -1.74. The second-order valence-electron chi connectivity index (χ2n) is 7.89. The lowest BCUT2D eigenvalue weighted by Crippen LogP contribution is -2.56. The van der Waals surface area contributed by atoms with Gasteiger partial charge in [-0.1, -0.05) is 26.0 Å². The number of fused-ring (bicyclic) bond motifs is 2. The quantitative estimate of drug-likeness (QED) is 0.484. The molecule has 0 spiro atoms. The number of carbonyl (C=O) groups excluding carboxylic acids is 1. The molecule has 1 aromatic carbocycles. The second kappa shape index (κ2) is 6.23. The maximum Gasteiger partial charge on any atom is 0.226 e. The number of benzene rings is 1. The average Bonchev–Trinajstić information content (AvgIpc) is 2.64. The number of Topliss-reactive ketones (excluding diaryl/α,β-unsaturated/α-hetero) is 1. The summed E-state index contributed by atoms with van der Waals surface area (Å²) in [4.78, 5) is 12.6. The fourth-order valence-corrected chi connectivity index (χ4v) is 4.47. The monoisotopic (exact) mass is 390 g/mol. The first-order chi connectivity index (χ1) is 13.1. The van der Waals surface area contributed by atoms with Crippen molar-refractivity contribution in [1.82, 2.24) is 0 Å². The molecule has 0 bridgehead atoms. The van der Waals surface area contributed by atoms with E-state index in [0.717, 1.165) is 0 Å². The molecule has 8 nitrogen and oxygen atoms in total. The van der Waals surface area contributed by atoms with Crippen LogP contribution in [-0.2, 0) is 4.74 Å². The molecule has 3 aliphatic rings. The number of aliphatic hydroxyl groups excluding tert-OH is 5. The van der Waals surface area contributed by atoms with Crippen LogP contribution in [0.4, 0.5) is 0 Å². The van der Waals surface area contributed by atoms with Crippen molar-refractivity contribution < 1.29 is 39.8 Å². The minimum absolute atomic E-state index is 0.0582. The number of ether oxygens (including phenoxy) is 2. The lowest BCUT2D eigenvalue weighted by atomic mass is 9.62. The topological polar surface area (TPSA) is 137 Å². The third-order valence-corrected chi connectivity index (χ3v) is 5.85.